The molecule has 0 aliphatic carbocycles. The standard InChI is InChI=1S/C20H16ClN/c21-16-11-9-14(10-12-16)20-19-8-4-3-7-18(19)17-6-2-1-5-15(17)13-22-20/h1-12,20,22H,13H2. The third kappa shape index (κ3) is 2.33. The van der Waals surface area contributed by atoms with Crippen LogP contribution in [0.1, 0.15) is 22.7 Å². The zero-order chi connectivity index (χ0) is 14.9. The molecule has 2 heteroatoms. The third-order valence-corrected chi connectivity index (χ3v) is 4.53. The van der Waals surface area contributed by atoms with Crippen LogP contribution in [0.5, 0.6) is 0 Å². The second-order valence-electron chi connectivity index (χ2n) is 5.61. The number of fused-ring (bicyclic) bond motifs is 3. The maximum absolute atomic E-state index is 6.04. The minimum Gasteiger partial charge on any atom is -0.302 e. The maximum atomic E-state index is 6.04. The molecular weight excluding hydrogens is 290 g/mol. The van der Waals surface area contributed by atoms with Gasteiger partial charge >= 0.3 is 0 Å². The second kappa shape index (κ2) is 5.60. The van der Waals surface area contributed by atoms with Crippen LogP contribution in [0.15, 0.2) is 72.8 Å². The Morgan fingerprint density at radius 1 is 0.773 bits per heavy atom. The molecule has 0 fully saturated rings. The summed E-state index contributed by atoms with van der Waals surface area (Å²) < 4.78 is 0. The summed E-state index contributed by atoms with van der Waals surface area (Å²) in [5, 5.41) is 4.46. The van der Waals surface area contributed by atoms with Crippen molar-refractivity contribution in [2.45, 2.75) is 12.6 Å². The van der Waals surface area contributed by atoms with E-state index in [1.807, 2.05) is 12.1 Å². The predicted molar refractivity (Wildman–Crippen MR) is 92.0 cm³/mol. The normalized spacial score (nSPS) is 16.5. The van der Waals surface area contributed by atoms with Gasteiger partial charge in [-0.2, -0.15) is 0 Å². The average molecular weight is 306 g/mol. The van der Waals surface area contributed by atoms with Gasteiger partial charge in [-0.05, 0) is 39.9 Å². The van der Waals surface area contributed by atoms with Crippen LogP contribution < -0.4 is 5.32 Å². The smallest absolute Gasteiger partial charge is 0.0585 e. The Labute approximate surface area is 135 Å². The van der Waals surface area contributed by atoms with Gasteiger partial charge < -0.3 is 5.32 Å². The van der Waals surface area contributed by atoms with Crippen LogP contribution in [0.3, 0.4) is 0 Å². The minimum absolute atomic E-state index is 0.181. The highest BCUT2D eigenvalue weighted by atomic mass is 35.5. The Morgan fingerprint density at radius 2 is 1.45 bits per heavy atom. The summed E-state index contributed by atoms with van der Waals surface area (Å²) in [7, 11) is 0. The number of benzene rings is 3. The van der Waals surface area contributed by atoms with Crippen molar-refractivity contribution in [2.24, 2.45) is 0 Å². The zero-order valence-electron chi connectivity index (χ0n) is 12.1. The summed E-state index contributed by atoms with van der Waals surface area (Å²) in [5.41, 5.74) is 6.52. The van der Waals surface area contributed by atoms with Gasteiger partial charge in [-0.3, -0.25) is 0 Å². The summed E-state index contributed by atoms with van der Waals surface area (Å²) >= 11 is 6.04. The second-order valence-corrected chi connectivity index (χ2v) is 6.05. The first-order valence-corrected chi connectivity index (χ1v) is 7.87. The predicted octanol–water partition coefficient (Wildman–Crippen LogP) is 5.20. The fraction of sp³-hybridized carbons (Fsp3) is 0.100. The van der Waals surface area contributed by atoms with E-state index in [9.17, 15) is 0 Å². The summed E-state index contributed by atoms with van der Waals surface area (Å²) in [4.78, 5) is 0. The Hall–Kier alpha value is -2.09. The van der Waals surface area contributed by atoms with Crippen molar-refractivity contribution in [3.05, 3.63) is 94.5 Å². The molecule has 1 unspecified atom stereocenters. The van der Waals surface area contributed by atoms with Crippen molar-refractivity contribution in [3.63, 3.8) is 0 Å². The summed E-state index contributed by atoms with van der Waals surface area (Å²) in [5.74, 6) is 0. The molecule has 1 aliphatic rings. The number of hydrogen-bond donors (Lipinski definition) is 1. The number of rotatable bonds is 1. The molecule has 1 nitrogen and oxygen atoms in total. The highest BCUT2D eigenvalue weighted by Gasteiger charge is 2.22. The molecule has 1 aliphatic heterocycles. The highest BCUT2D eigenvalue weighted by molar-refractivity contribution is 6.30. The molecule has 1 heterocycles. The Bertz CT molecular complexity index is 808. The van der Waals surface area contributed by atoms with E-state index in [1.54, 1.807) is 0 Å². The first-order valence-electron chi connectivity index (χ1n) is 7.49. The first kappa shape index (κ1) is 13.6. The van der Waals surface area contributed by atoms with Gasteiger partial charge in [0.15, 0.2) is 0 Å². The average Bonchev–Trinajstić information content (AvgIpc) is 2.73. The van der Waals surface area contributed by atoms with Crippen molar-refractivity contribution in [3.8, 4) is 11.1 Å². The van der Waals surface area contributed by atoms with Gasteiger partial charge in [0.2, 0.25) is 0 Å². The molecule has 1 N–H and O–H groups in total. The molecular formula is C20H16ClN. The minimum atomic E-state index is 0.181. The summed E-state index contributed by atoms with van der Waals surface area (Å²) in [6.07, 6.45) is 0. The number of hydrogen-bond acceptors (Lipinski definition) is 1. The molecule has 22 heavy (non-hydrogen) atoms. The van der Waals surface area contributed by atoms with E-state index < -0.39 is 0 Å². The fourth-order valence-corrected chi connectivity index (χ4v) is 3.33. The van der Waals surface area contributed by atoms with Crippen molar-refractivity contribution >= 4 is 11.6 Å². The SMILES string of the molecule is Clc1ccc(C2NCc3ccccc3-c3ccccc32)cc1. The van der Waals surface area contributed by atoms with Gasteiger partial charge in [0.05, 0.1) is 6.04 Å². The van der Waals surface area contributed by atoms with Crippen LogP contribution in [-0.2, 0) is 6.54 Å². The van der Waals surface area contributed by atoms with E-state index in [0.29, 0.717) is 0 Å². The van der Waals surface area contributed by atoms with Crippen molar-refractivity contribution in [1.82, 2.24) is 5.32 Å². The van der Waals surface area contributed by atoms with Crippen molar-refractivity contribution in [1.29, 1.82) is 0 Å². The van der Waals surface area contributed by atoms with Crippen LogP contribution in [0, 0.1) is 0 Å². The molecule has 4 rings (SSSR count). The Balaban J connectivity index is 1.89. The first-order chi connectivity index (χ1) is 10.8. The quantitative estimate of drug-likeness (QED) is 0.651. The molecule has 3 aromatic rings. The molecule has 0 aromatic heterocycles. The fourth-order valence-electron chi connectivity index (χ4n) is 3.21. The number of nitrogens with one attached hydrogen (secondary N) is 1. The van der Waals surface area contributed by atoms with Crippen molar-refractivity contribution < 1.29 is 0 Å². The van der Waals surface area contributed by atoms with E-state index in [-0.39, 0.29) is 6.04 Å². The zero-order valence-corrected chi connectivity index (χ0v) is 12.8. The molecule has 0 saturated heterocycles. The third-order valence-electron chi connectivity index (χ3n) is 4.28. The van der Waals surface area contributed by atoms with Crippen molar-refractivity contribution in [2.75, 3.05) is 0 Å². The van der Waals surface area contributed by atoms with Crippen LogP contribution >= 0.6 is 11.6 Å². The summed E-state index contributed by atoms with van der Waals surface area (Å²) in [6.45, 7) is 0.859. The van der Waals surface area contributed by atoms with Gasteiger partial charge in [-0.1, -0.05) is 72.3 Å². The molecule has 0 bridgehead atoms. The molecule has 0 saturated carbocycles. The molecule has 0 amide bonds. The Kier molecular flexibility index (Phi) is 3.45. The van der Waals surface area contributed by atoms with Gasteiger partial charge in [0.1, 0.15) is 0 Å². The monoisotopic (exact) mass is 305 g/mol. The van der Waals surface area contributed by atoms with Gasteiger partial charge in [-0.25, -0.2) is 0 Å². The van der Waals surface area contributed by atoms with Crippen LogP contribution in [-0.4, -0.2) is 0 Å². The topological polar surface area (TPSA) is 12.0 Å². The highest BCUT2D eigenvalue weighted by Crippen LogP contribution is 2.36. The van der Waals surface area contributed by atoms with Crippen LogP contribution in [0.25, 0.3) is 11.1 Å². The lowest BCUT2D eigenvalue weighted by Gasteiger charge is -2.19. The largest absolute Gasteiger partial charge is 0.302 e. The van der Waals surface area contributed by atoms with E-state index >= 15 is 0 Å². The summed E-state index contributed by atoms with van der Waals surface area (Å²) in [6, 6.07) is 25.6. The lowest BCUT2D eigenvalue weighted by Crippen LogP contribution is -2.20. The molecule has 3 aromatic carbocycles. The van der Waals surface area contributed by atoms with E-state index in [0.717, 1.165) is 11.6 Å². The van der Waals surface area contributed by atoms with Gasteiger partial charge in [0, 0.05) is 11.6 Å². The molecule has 108 valence electrons. The Morgan fingerprint density at radius 3 is 2.27 bits per heavy atom. The van der Waals surface area contributed by atoms with Crippen LogP contribution in [0.2, 0.25) is 5.02 Å². The van der Waals surface area contributed by atoms with E-state index in [4.69, 9.17) is 11.6 Å². The molecule has 0 radical (unpaired) electrons. The van der Waals surface area contributed by atoms with Crippen LogP contribution in [0.4, 0.5) is 0 Å². The molecule has 0 spiro atoms. The number of halogens is 1. The lowest BCUT2D eigenvalue weighted by atomic mass is 9.91. The lowest BCUT2D eigenvalue weighted by molar-refractivity contribution is 0.613. The maximum Gasteiger partial charge on any atom is 0.0585 e. The van der Waals surface area contributed by atoms with Gasteiger partial charge in [-0.15, -0.1) is 0 Å². The van der Waals surface area contributed by atoms with Gasteiger partial charge in [0.25, 0.3) is 0 Å². The molecule has 1 atom stereocenters. The van der Waals surface area contributed by atoms with E-state index in [2.05, 4.69) is 66.0 Å². The van der Waals surface area contributed by atoms with E-state index in [1.165, 1.54) is 27.8 Å².